The molecule has 0 amide bonds. The number of rotatable bonds is 0. The lowest BCUT2D eigenvalue weighted by Gasteiger charge is -2.08. The molecule has 0 saturated carbocycles. The van der Waals surface area contributed by atoms with Gasteiger partial charge in [0.05, 0.1) is 0 Å². The van der Waals surface area contributed by atoms with E-state index in [1.54, 1.807) is 0 Å². The highest BCUT2D eigenvalue weighted by Crippen LogP contribution is 2.26. The molecule has 0 saturated heterocycles. The Labute approximate surface area is 305 Å². The molecule has 0 atom stereocenters. The van der Waals surface area contributed by atoms with Crippen molar-refractivity contribution in [3.05, 3.63) is 217 Å². The second-order valence-electron chi connectivity index (χ2n) is 13.7. The van der Waals surface area contributed by atoms with Gasteiger partial charge in [-0.25, -0.2) is 18.3 Å². The van der Waals surface area contributed by atoms with E-state index in [9.17, 15) is 0 Å². The maximum Gasteiger partial charge on any atom is 0.174 e. The van der Waals surface area contributed by atoms with Crippen LogP contribution in [0.15, 0.2) is 195 Å². The highest BCUT2D eigenvalue weighted by atomic mass is 14.9. The lowest BCUT2D eigenvalue weighted by molar-refractivity contribution is -0.693. The molecule has 4 aromatic heterocycles. The zero-order valence-corrected chi connectivity index (χ0v) is 29.1. The maximum atomic E-state index is 2.27. The van der Waals surface area contributed by atoms with Crippen LogP contribution in [-0.4, -0.2) is 0 Å². The summed E-state index contributed by atoms with van der Waals surface area (Å²) in [6.45, 7) is 3.28. The summed E-state index contributed by atoms with van der Waals surface area (Å²) in [5.41, 5.74) is 15.0. The third-order valence-corrected chi connectivity index (χ3v) is 10.3. The minimum Gasteiger partial charge on any atom is -0.201 e. The number of aromatic nitrogens is 4. The predicted molar refractivity (Wildman–Crippen MR) is 205 cm³/mol. The number of pyridine rings is 4. The van der Waals surface area contributed by atoms with Crippen molar-refractivity contribution < 1.29 is 18.3 Å². The first kappa shape index (κ1) is 31.5. The molecule has 10 aliphatic heterocycles. The molecular weight excluding hydrogens is 633 g/mol. The number of hydrogen-bond acceptors (Lipinski definition) is 0. The van der Waals surface area contributed by atoms with E-state index in [1.165, 1.54) is 66.8 Å². The summed E-state index contributed by atoms with van der Waals surface area (Å²) in [5.74, 6) is 0. The number of nitrogens with zero attached hydrogens (tertiary/aromatic N) is 4. The van der Waals surface area contributed by atoms with Crippen molar-refractivity contribution >= 4 is 0 Å². The van der Waals surface area contributed by atoms with E-state index in [1.807, 2.05) is 0 Å². The topological polar surface area (TPSA) is 15.5 Å². The molecule has 4 aromatic carbocycles. The molecule has 4 heteroatoms. The average molecular weight is 673 g/mol. The van der Waals surface area contributed by atoms with Crippen LogP contribution in [0.3, 0.4) is 0 Å². The van der Waals surface area contributed by atoms with Crippen molar-refractivity contribution in [1.82, 2.24) is 0 Å². The van der Waals surface area contributed by atoms with Crippen molar-refractivity contribution in [3.63, 3.8) is 0 Å². The Morgan fingerprint density at radius 2 is 0.385 bits per heavy atom. The summed E-state index contributed by atoms with van der Waals surface area (Å²) in [6.07, 6.45) is 17.5. The molecule has 8 aromatic rings. The molecule has 18 rings (SSSR count). The van der Waals surface area contributed by atoms with E-state index in [0.29, 0.717) is 0 Å². The third kappa shape index (κ3) is 6.79. The molecule has 0 unspecified atom stereocenters. The Hall–Kier alpha value is -6.52. The van der Waals surface area contributed by atoms with Crippen molar-refractivity contribution in [1.29, 1.82) is 0 Å². The minimum atomic E-state index is 0.821. The molecule has 4 nitrogen and oxygen atoms in total. The van der Waals surface area contributed by atoms with Crippen LogP contribution in [0.2, 0.25) is 0 Å². The van der Waals surface area contributed by atoms with Gasteiger partial charge in [-0.15, -0.1) is 0 Å². The highest BCUT2D eigenvalue weighted by Gasteiger charge is 2.15. The summed E-state index contributed by atoms with van der Waals surface area (Å²) in [5, 5.41) is 0. The van der Waals surface area contributed by atoms with E-state index >= 15 is 0 Å². The summed E-state index contributed by atoms with van der Waals surface area (Å²) < 4.78 is 9.06. The quantitative estimate of drug-likeness (QED) is 0.145. The fourth-order valence-corrected chi connectivity index (χ4v) is 7.25. The zero-order chi connectivity index (χ0) is 34.7. The van der Waals surface area contributed by atoms with E-state index in [-0.39, 0.29) is 0 Å². The fraction of sp³-hybridized carbons (Fsp3) is 0.0833. The normalized spacial score (nSPS) is 12.3. The summed E-state index contributed by atoms with van der Waals surface area (Å²) >= 11 is 0. The molecule has 248 valence electrons. The van der Waals surface area contributed by atoms with Gasteiger partial charge in [0.1, 0.15) is 0 Å². The van der Waals surface area contributed by atoms with Gasteiger partial charge in [-0.05, 0) is 44.5 Å². The van der Waals surface area contributed by atoms with Crippen LogP contribution < -0.4 is 18.3 Å². The predicted octanol–water partition coefficient (Wildman–Crippen LogP) is 8.01. The highest BCUT2D eigenvalue weighted by molar-refractivity contribution is 5.70. The Kier molecular flexibility index (Phi) is 8.47. The SMILES string of the molecule is c1ccc2c(c1)C[n+]1ccc(cc1)-c1ccc(cc1)-c1cc[n+](cc1)Cc1ccccc1C[n+]1ccc(cc1)-c1ccc(cc1)-c1cc[n+](cc1)C2. The summed E-state index contributed by atoms with van der Waals surface area (Å²) in [6, 6.07) is 53.1. The molecule has 0 aliphatic carbocycles. The van der Waals surface area contributed by atoms with Crippen molar-refractivity contribution in [2.75, 3.05) is 0 Å². The van der Waals surface area contributed by atoms with Crippen LogP contribution in [0.25, 0.3) is 44.5 Å². The van der Waals surface area contributed by atoms with E-state index in [2.05, 4.69) is 213 Å². The number of benzene rings is 4. The van der Waals surface area contributed by atoms with Crippen LogP contribution in [0.1, 0.15) is 22.3 Å². The summed E-state index contributed by atoms with van der Waals surface area (Å²) in [7, 11) is 0. The zero-order valence-electron chi connectivity index (χ0n) is 29.1. The molecule has 0 fully saturated rings. The van der Waals surface area contributed by atoms with Gasteiger partial charge in [-0.3, -0.25) is 0 Å². The van der Waals surface area contributed by atoms with Crippen LogP contribution in [0.5, 0.6) is 0 Å². The second-order valence-corrected chi connectivity index (χ2v) is 13.7. The summed E-state index contributed by atoms with van der Waals surface area (Å²) in [4.78, 5) is 0. The van der Waals surface area contributed by atoms with Gasteiger partial charge in [-0.1, -0.05) is 97.1 Å². The smallest absolute Gasteiger partial charge is 0.174 e. The van der Waals surface area contributed by atoms with Gasteiger partial charge in [0.2, 0.25) is 0 Å². The lowest BCUT2D eigenvalue weighted by atomic mass is 10.0. The largest absolute Gasteiger partial charge is 0.201 e. The lowest BCUT2D eigenvalue weighted by Crippen LogP contribution is -2.36. The van der Waals surface area contributed by atoms with Gasteiger partial charge in [0.25, 0.3) is 0 Å². The van der Waals surface area contributed by atoms with Crippen LogP contribution in [-0.2, 0) is 26.2 Å². The second kappa shape index (κ2) is 14.0. The van der Waals surface area contributed by atoms with Crippen LogP contribution >= 0.6 is 0 Å². The van der Waals surface area contributed by atoms with Crippen molar-refractivity contribution in [2.45, 2.75) is 26.2 Å². The Bertz CT molecular complexity index is 2100. The minimum absolute atomic E-state index is 0.821. The molecule has 0 radical (unpaired) electrons. The number of hydrogen-bond donors (Lipinski definition) is 0. The monoisotopic (exact) mass is 672 g/mol. The van der Waals surface area contributed by atoms with Gasteiger partial charge in [0, 0.05) is 70.8 Å². The van der Waals surface area contributed by atoms with E-state index in [4.69, 9.17) is 0 Å². The average Bonchev–Trinajstić information content (AvgIpc) is 3.20. The third-order valence-electron chi connectivity index (χ3n) is 10.3. The van der Waals surface area contributed by atoms with Gasteiger partial charge >= 0.3 is 0 Å². The van der Waals surface area contributed by atoms with Crippen molar-refractivity contribution in [2.24, 2.45) is 0 Å². The standard InChI is InChI=1S/C48H40N4/c1-2-6-46-34-50-27-19-42(20-28-50)38-13-15-40(16-14-38)44-23-31-52(32-24-44)36-48-8-4-3-7-47(48)35-51-29-21-43(22-30-51)39-11-9-37(10-12-39)41-17-25-49(26-18-41)33-45(46)5-1/h1-32H,33-36H2/q+4. The molecular formula is C48H40N4+4. The van der Waals surface area contributed by atoms with Gasteiger partial charge in [-0.2, -0.15) is 0 Å². The van der Waals surface area contributed by atoms with Crippen LogP contribution in [0, 0.1) is 0 Å². The maximum absolute atomic E-state index is 2.27. The molecule has 0 N–H and O–H groups in total. The first-order valence-electron chi connectivity index (χ1n) is 18.0. The molecule has 0 spiro atoms. The first-order chi connectivity index (χ1) is 25.7. The van der Waals surface area contributed by atoms with Crippen molar-refractivity contribution in [3.8, 4) is 44.5 Å². The molecule has 52 heavy (non-hydrogen) atoms. The van der Waals surface area contributed by atoms with Gasteiger partial charge < -0.3 is 0 Å². The Balaban J connectivity index is 1.05. The van der Waals surface area contributed by atoms with E-state index in [0.717, 1.165) is 26.2 Å². The molecule has 12 bridgehead atoms. The molecule has 14 heterocycles. The Morgan fingerprint density at radius 1 is 0.212 bits per heavy atom. The fourth-order valence-electron chi connectivity index (χ4n) is 7.25. The Morgan fingerprint density at radius 3 is 0.577 bits per heavy atom. The first-order valence-corrected chi connectivity index (χ1v) is 18.0. The van der Waals surface area contributed by atoms with Crippen LogP contribution in [0.4, 0.5) is 0 Å². The molecule has 10 aliphatic rings. The van der Waals surface area contributed by atoms with E-state index < -0.39 is 0 Å². The van der Waals surface area contributed by atoms with Gasteiger partial charge in [0.15, 0.2) is 75.8 Å².